The standard InChI is InChI=1S/C15H21N/c1-15-10-5-11-16(2)14(15)9-8-12-6-3-4-7-13(12)15/h3-4,6-7,14H,5,8-11H2,1-2H3/t14-,15+/m0/s1. The number of aryl methyl sites for hydroxylation is 1. The van der Waals surface area contributed by atoms with Crippen LogP contribution in [0.2, 0.25) is 0 Å². The third-order valence-corrected chi connectivity index (χ3v) is 4.79. The van der Waals surface area contributed by atoms with Gasteiger partial charge in [0.25, 0.3) is 0 Å². The monoisotopic (exact) mass is 215 g/mol. The first-order valence-corrected chi connectivity index (χ1v) is 6.50. The Morgan fingerprint density at radius 1 is 1.31 bits per heavy atom. The van der Waals surface area contributed by atoms with Gasteiger partial charge < -0.3 is 4.90 Å². The minimum absolute atomic E-state index is 0.405. The Morgan fingerprint density at radius 3 is 3.00 bits per heavy atom. The molecular formula is C15H21N. The molecular weight excluding hydrogens is 194 g/mol. The van der Waals surface area contributed by atoms with Crippen LogP contribution >= 0.6 is 0 Å². The Labute approximate surface area is 98.5 Å². The van der Waals surface area contributed by atoms with E-state index in [1.54, 1.807) is 11.1 Å². The van der Waals surface area contributed by atoms with Gasteiger partial charge in [0.1, 0.15) is 0 Å². The highest BCUT2D eigenvalue weighted by atomic mass is 15.1. The second-order valence-electron chi connectivity index (χ2n) is 5.71. The van der Waals surface area contributed by atoms with Crippen molar-refractivity contribution in [1.29, 1.82) is 0 Å². The molecule has 16 heavy (non-hydrogen) atoms. The Bertz CT molecular complexity index is 398. The Hall–Kier alpha value is -0.820. The van der Waals surface area contributed by atoms with Crippen molar-refractivity contribution in [3.8, 4) is 0 Å². The summed E-state index contributed by atoms with van der Waals surface area (Å²) in [6.45, 7) is 3.76. The van der Waals surface area contributed by atoms with Gasteiger partial charge in [-0.05, 0) is 50.4 Å². The predicted octanol–water partition coefficient (Wildman–Crippen LogP) is 2.98. The van der Waals surface area contributed by atoms with E-state index >= 15 is 0 Å². The van der Waals surface area contributed by atoms with Gasteiger partial charge in [0.2, 0.25) is 0 Å². The molecule has 0 spiro atoms. The van der Waals surface area contributed by atoms with Gasteiger partial charge >= 0.3 is 0 Å². The minimum Gasteiger partial charge on any atom is -0.303 e. The van der Waals surface area contributed by atoms with Crippen LogP contribution in [0, 0.1) is 0 Å². The van der Waals surface area contributed by atoms with E-state index in [1.807, 2.05) is 0 Å². The molecule has 2 aliphatic rings. The van der Waals surface area contributed by atoms with E-state index in [0.29, 0.717) is 5.41 Å². The highest BCUT2D eigenvalue weighted by Gasteiger charge is 2.43. The molecule has 1 aliphatic heterocycles. The first kappa shape index (κ1) is 10.3. The van der Waals surface area contributed by atoms with E-state index < -0.39 is 0 Å². The van der Waals surface area contributed by atoms with Crippen LogP contribution < -0.4 is 0 Å². The second-order valence-corrected chi connectivity index (χ2v) is 5.71. The quantitative estimate of drug-likeness (QED) is 0.643. The predicted molar refractivity (Wildman–Crippen MR) is 67.8 cm³/mol. The van der Waals surface area contributed by atoms with E-state index in [0.717, 1.165) is 6.04 Å². The Morgan fingerprint density at radius 2 is 2.12 bits per heavy atom. The highest BCUT2D eigenvalue weighted by molar-refractivity contribution is 5.38. The van der Waals surface area contributed by atoms with Crippen molar-refractivity contribution in [2.45, 2.75) is 44.1 Å². The molecule has 0 aromatic heterocycles. The van der Waals surface area contributed by atoms with Gasteiger partial charge in [0, 0.05) is 11.5 Å². The zero-order valence-electron chi connectivity index (χ0n) is 10.4. The van der Waals surface area contributed by atoms with Gasteiger partial charge in [-0.15, -0.1) is 0 Å². The number of likely N-dealkylation sites (N-methyl/N-ethyl adjacent to an activating group) is 1. The van der Waals surface area contributed by atoms with Gasteiger partial charge in [-0.1, -0.05) is 31.2 Å². The lowest BCUT2D eigenvalue weighted by Crippen LogP contribution is -2.54. The summed E-state index contributed by atoms with van der Waals surface area (Å²) in [5.74, 6) is 0. The summed E-state index contributed by atoms with van der Waals surface area (Å²) in [7, 11) is 2.30. The maximum atomic E-state index is 2.58. The number of likely N-dealkylation sites (tertiary alicyclic amines) is 1. The third kappa shape index (κ3) is 1.34. The van der Waals surface area contributed by atoms with Gasteiger partial charge in [-0.25, -0.2) is 0 Å². The molecule has 0 bridgehead atoms. The molecule has 86 valence electrons. The molecule has 0 unspecified atom stereocenters. The fourth-order valence-electron chi connectivity index (χ4n) is 3.95. The fraction of sp³-hybridized carbons (Fsp3) is 0.600. The van der Waals surface area contributed by atoms with Gasteiger partial charge in [-0.3, -0.25) is 0 Å². The second kappa shape index (κ2) is 3.59. The molecule has 0 amide bonds. The number of piperidine rings is 1. The maximum Gasteiger partial charge on any atom is 0.0190 e. The molecule has 1 aliphatic carbocycles. The summed E-state index contributed by atoms with van der Waals surface area (Å²) in [6.07, 6.45) is 5.31. The summed E-state index contributed by atoms with van der Waals surface area (Å²) >= 11 is 0. The van der Waals surface area contributed by atoms with Crippen LogP contribution in [0.5, 0.6) is 0 Å². The normalized spacial score (nSPS) is 34.2. The van der Waals surface area contributed by atoms with Crippen molar-refractivity contribution in [1.82, 2.24) is 4.90 Å². The average Bonchev–Trinajstić information content (AvgIpc) is 2.29. The highest BCUT2D eigenvalue weighted by Crippen LogP contribution is 2.44. The lowest BCUT2D eigenvalue weighted by molar-refractivity contribution is 0.0854. The van der Waals surface area contributed by atoms with Crippen LogP contribution in [-0.4, -0.2) is 24.5 Å². The molecule has 2 atom stereocenters. The van der Waals surface area contributed by atoms with E-state index in [9.17, 15) is 0 Å². The lowest BCUT2D eigenvalue weighted by Gasteiger charge is -2.51. The van der Waals surface area contributed by atoms with Gasteiger partial charge in [-0.2, -0.15) is 0 Å². The fourth-order valence-corrected chi connectivity index (χ4v) is 3.95. The number of rotatable bonds is 0. The summed E-state index contributed by atoms with van der Waals surface area (Å²) in [6, 6.07) is 9.85. The summed E-state index contributed by atoms with van der Waals surface area (Å²) in [5.41, 5.74) is 3.62. The lowest BCUT2D eigenvalue weighted by atomic mass is 9.63. The average molecular weight is 215 g/mol. The van der Waals surface area contributed by atoms with Crippen LogP contribution in [0.3, 0.4) is 0 Å². The Kier molecular flexibility index (Phi) is 2.32. The van der Waals surface area contributed by atoms with Crippen LogP contribution in [-0.2, 0) is 11.8 Å². The maximum absolute atomic E-state index is 2.58. The number of benzene rings is 1. The minimum atomic E-state index is 0.405. The van der Waals surface area contributed by atoms with E-state index in [2.05, 4.69) is 43.1 Å². The number of fused-ring (bicyclic) bond motifs is 3. The number of hydrogen-bond acceptors (Lipinski definition) is 1. The molecule has 3 rings (SSSR count). The molecule has 1 nitrogen and oxygen atoms in total. The third-order valence-electron chi connectivity index (χ3n) is 4.79. The molecule has 1 heterocycles. The smallest absolute Gasteiger partial charge is 0.0190 e. The van der Waals surface area contributed by atoms with E-state index in [-0.39, 0.29) is 0 Å². The molecule has 0 radical (unpaired) electrons. The van der Waals surface area contributed by atoms with Gasteiger partial charge in [0.15, 0.2) is 0 Å². The van der Waals surface area contributed by atoms with Crippen LogP contribution in [0.15, 0.2) is 24.3 Å². The van der Waals surface area contributed by atoms with E-state index in [1.165, 1.54) is 32.2 Å². The Balaban J connectivity index is 2.09. The van der Waals surface area contributed by atoms with Gasteiger partial charge in [0.05, 0.1) is 0 Å². The molecule has 1 aromatic rings. The molecule has 1 saturated heterocycles. The van der Waals surface area contributed by atoms with E-state index in [4.69, 9.17) is 0 Å². The van der Waals surface area contributed by atoms with Crippen LogP contribution in [0.4, 0.5) is 0 Å². The molecule has 0 saturated carbocycles. The zero-order chi connectivity index (χ0) is 11.2. The molecule has 0 N–H and O–H groups in total. The first-order chi connectivity index (χ1) is 7.72. The van der Waals surface area contributed by atoms with Crippen LogP contribution in [0.25, 0.3) is 0 Å². The molecule has 1 fully saturated rings. The van der Waals surface area contributed by atoms with Crippen molar-refractivity contribution >= 4 is 0 Å². The molecule has 1 aromatic carbocycles. The SMILES string of the molecule is CN1CCC[C@]2(C)c3ccccc3CC[C@H]12. The van der Waals surface area contributed by atoms with Crippen LogP contribution in [0.1, 0.15) is 37.3 Å². The number of nitrogens with zero attached hydrogens (tertiary/aromatic N) is 1. The summed E-state index contributed by atoms with van der Waals surface area (Å²) in [5, 5.41) is 0. The first-order valence-electron chi connectivity index (χ1n) is 6.50. The van der Waals surface area contributed by atoms with Crippen molar-refractivity contribution in [3.05, 3.63) is 35.4 Å². The zero-order valence-corrected chi connectivity index (χ0v) is 10.4. The number of hydrogen-bond donors (Lipinski definition) is 0. The van der Waals surface area contributed by atoms with Crippen molar-refractivity contribution in [2.24, 2.45) is 0 Å². The van der Waals surface area contributed by atoms with Crippen molar-refractivity contribution < 1.29 is 0 Å². The summed E-state index contributed by atoms with van der Waals surface area (Å²) in [4.78, 5) is 2.58. The largest absolute Gasteiger partial charge is 0.303 e. The topological polar surface area (TPSA) is 3.24 Å². The van der Waals surface area contributed by atoms with Crippen molar-refractivity contribution in [2.75, 3.05) is 13.6 Å². The van der Waals surface area contributed by atoms with Crippen molar-refractivity contribution in [3.63, 3.8) is 0 Å². The summed E-state index contributed by atoms with van der Waals surface area (Å²) < 4.78 is 0. The molecule has 1 heteroatoms.